The van der Waals surface area contributed by atoms with Crippen LogP contribution in [0.2, 0.25) is 0 Å². The molecular weight excluding hydrogens is 128 g/mol. The Balaban J connectivity index is 3.90. The Morgan fingerprint density at radius 2 is 2.10 bits per heavy atom. The number of carbonyl (C=O) groups excluding carboxylic acids is 1. The number of carbonyl (C=O) groups is 1. The molecule has 0 rings (SSSR count). The highest BCUT2D eigenvalue weighted by atomic mass is 16.5. The minimum atomic E-state index is -0.254. The molecule has 0 saturated heterocycles. The monoisotopic (exact) mass is 144 g/mol. The molecule has 0 aromatic heterocycles. The highest BCUT2D eigenvalue weighted by Gasteiger charge is 2.24. The van der Waals surface area contributed by atoms with Crippen LogP contribution in [-0.2, 0) is 9.53 Å². The van der Waals surface area contributed by atoms with E-state index < -0.39 is 0 Å². The van der Waals surface area contributed by atoms with E-state index in [0.717, 1.165) is 6.29 Å². The molecule has 0 amide bonds. The summed E-state index contributed by atoms with van der Waals surface area (Å²) in [5, 5.41) is 0. The van der Waals surface area contributed by atoms with Crippen LogP contribution in [0.4, 0.5) is 0 Å². The molecule has 0 aliphatic heterocycles. The zero-order valence-corrected chi connectivity index (χ0v) is 7.18. The van der Waals surface area contributed by atoms with Gasteiger partial charge in [-0.15, -0.1) is 0 Å². The molecule has 0 aromatic carbocycles. The second kappa shape index (κ2) is 3.71. The number of methoxy groups -OCH3 is 1. The first-order chi connectivity index (χ1) is 4.54. The largest absolute Gasteiger partial charge is 0.384 e. The lowest BCUT2D eigenvalue weighted by Gasteiger charge is -2.24. The van der Waals surface area contributed by atoms with Crippen LogP contribution in [0.25, 0.3) is 0 Å². The number of rotatable bonds is 4. The molecule has 0 spiro atoms. The van der Waals surface area contributed by atoms with Gasteiger partial charge in [0.2, 0.25) is 0 Å². The highest BCUT2D eigenvalue weighted by molar-refractivity contribution is 5.58. The summed E-state index contributed by atoms with van der Waals surface area (Å²) in [4.78, 5) is 10.5. The third kappa shape index (κ3) is 2.48. The second-order valence-electron chi connectivity index (χ2n) is 3.30. The van der Waals surface area contributed by atoms with Gasteiger partial charge >= 0.3 is 0 Å². The molecule has 0 fully saturated rings. The molecule has 0 heterocycles. The Bertz CT molecular complexity index is 108. The van der Waals surface area contributed by atoms with E-state index >= 15 is 0 Å². The van der Waals surface area contributed by atoms with Crippen LogP contribution in [0.1, 0.15) is 20.8 Å². The maximum Gasteiger partial charge on any atom is 0.125 e. The normalized spacial score (nSPS) is 14.8. The van der Waals surface area contributed by atoms with Crippen molar-refractivity contribution in [2.45, 2.75) is 20.8 Å². The molecular formula is C8H16O2. The van der Waals surface area contributed by atoms with Gasteiger partial charge in [0.15, 0.2) is 0 Å². The van der Waals surface area contributed by atoms with Crippen LogP contribution in [0, 0.1) is 11.3 Å². The van der Waals surface area contributed by atoms with Gasteiger partial charge in [-0.1, -0.05) is 20.8 Å². The minimum absolute atomic E-state index is 0.254. The summed E-state index contributed by atoms with van der Waals surface area (Å²) in [5.74, 6) is 0.287. The van der Waals surface area contributed by atoms with Crippen molar-refractivity contribution in [2.75, 3.05) is 13.7 Å². The van der Waals surface area contributed by atoms with E-state index in [0.29, 0.717) is 6.61 Å². The van der Waals surface area contributed by atoms with Crippen LogP contribution in [0.15, 0.2) is 0 Å². The first-order valence-corrected chi connectivity index (χ1v) is 3.50. The molecule has 0 aliphatic rings. The Morgan fingerprint density at radius 3 is 2.40 bits per heavy atom. The lowest BCUT2D eigenvalue weighted by Crippen LogP contribution is -2.26. The number of aldehydes is 1. The third-order valence-electron chi connectivity index (χ3n) is 1.99. The van der Waals surface area contributed by atoms with Gasteiger partial charge in [-0.05, 0) is 5.92 Å². The number of ether oxygens (including phenoxy) is 1. The lowest BCUT2D eigenvalue weighted by molar-refractivity contribution is -0.117. The molecule has 2 nitrogen and oxygen atoms in total. The van der Waals surface area contributed by atoms with Gasteiger partial charge in [0.25, 0.3) is 0 Å². The molecule has 10 heavy (non-hydrogen) atoms. The lowest BCUT2D eigenvalue weighted by atomic mass is 9.82. The van der Waals surface area contributed by atoms with Gasteiger partial charge in [0, 0.05) is 19.1 Å². The standard InChI is InChI=1S/C8H16O2/c1-7(5-10-4)8(2,3)6-9/h6-7H,5H2,1-4H3. The van der Waals surface area contributed by atoms with Crippen molar-refractivity contribution in [3.05, 3.63) is 0 Å². The fourth-order valence-corrected chi connectivity index (χ4v) is 0.581. The van der Waals surface area contributed by atoms with E-state index in [4.69, 9.17) is 4.74 Å². The molecule has 1 atom stereocenters. The van der Waals surface area contributed by atoms with Crippen LogP contribution < -0.4 is 0 Å². The molecule has 60 valence electrons. The van der Waals surface area contributed by atoms with E-state index in [2.05, 4.69) is 0 Å². The second-order valence-corrected chi connectivity index (χ2v) is 3.30. The van der Waals surface area contributed by atoms with Gasteiger partial charge in [0.1, 0.15) is 6.29 Å². The van der Waals surface area contributed by atoms with E-state index in [-0.39, 0.29) is 11.3 Å². The van der Waals surface area contributed by atoms with Crippen LogP contribution in [0.5, 0.6) is 0 Å². The van der Waals surface area contributed by atoms with Gasteiger partial charge in [-0.25, -0.2) is 0 Å². The predicted octanol–water partition coefficient (Wildman–Crippen LogP) is 1.49. The van der Waals surface area contributed by atoms with Crippen molar-refractivity contribution in [1.82, 2.24) is 0 Å². The topological polar surface area (TPSA) is 26.3 Å². The molecule has 2 heteroatoms. The number of hydrogen-bond acceptors (Lipinski definition) is 2. The molecule has 0 N–H and O–H groups in total. The molecule has 1 unspecified atom stereocenters. The Hall–Kier alpha value is -0.370. The van der Waals surface area contributed by atoms with Crippen molar-refractivity contribution in [2.24, 2.45) is 11.3 Å². The van der Waals surface area contributed by atoms with Crippen molar-refractivity contribution < 1.29 is 9.53 Å². The number of hydrogen-bond donors (Lipinski definition) is 0. The van der Waals surface area contributed by atoms with E-state index in [1.165, 1.54) is 0 Å². The van der Waals surface area contributed by atoms with Gasteiger partial charge < -0.3 is 9.53 Å². The SMILES string of the molecule is COCC(C)C(C)(C)C=O. The van der Waals surface area contributed by atoms with Gasteiger partial charge in [-0.3, -0.25) is 0 Å². The van der Waals surface area contributed by atoms with Crippen LogP contribution >= 0.6 is 0 Å². The van der Waals surface area contributed by atoms with E-state index in [1.54, 1.807) is 7.11 Å². The first-order valence-electron chi connectivity index (χ1n) is 3.50. The van der Waals surface area contributed by atoms with Gasteiger partial charge in [0.05, 0.1) is 0 Å². The molecule has 0 saturated carbocycles. The summed E-state index contributed by atoms with van der Waals surface area (Å²) in [6.45, 7) is 6.50. The minimum Gasteiger partial charge on any atom is -0.384 e. The average Bonchev–Trinajstić information content (AvgIpc) is 1.89. The van der Waals surface area contributed by atoms with Crippen LogP contribution in [-0.4, -0.2) is 20.0 Å². The molecule has 0 aliphatic carbocycles. The van der Waals surface area contributed by atoms with Crippen molar-refractivity contribution in [1.29, 1.82) is 0 Å². The average molecular weight is 144 g/mol. The first kappa shape index (κ1) is 9.63. The Kier molecular flexibility index (Phi) is 3.58. The highest BCUT2D eigenvalue weighted by Crippen LogP contribution is 2.23. The smallest absolute Gasteiger partial charge is 0.125 e. The summed E-state index contributed by atoms with van der Waals surface area (Å²) in [7, 11) is 1.65. The molecule has 0 bridgehead atoms. The summed E-state index contributed by atoms with van der Waals surface area (Å²) >= 11 is 0. The van der Waals surface area contributed by atoms with Crippen molar-refractivity contribution in [3.63, 3.8) is 0 Å². The third-order valence-corrected chi connectivity index (χ3v) is 1.99. The fraction of sp³-hybridized carbons (Fsp3) is 0.875. The van der Waals surface area contributed by atoms with Crippen molar-refractivity contribution >= 4 is 6.29 Å². The summed E-state index contributed by atoms with van der Waals surface area (Å²) in [5.41, 5.74) is -0.254. The van der Waals surface area contributed by atoms with E-state index in [1.807, 2.05) is 20.8 Å². The fourth-order valence-electron chi connectivity index (χ4n) is 0.581. The molecule has 0 aromatic rings. The summed E-state index contributed by atoms with van der Waals surface area (Å²) < 4.78 is 4.93. The van der Waals surface area contributed by atoms with Crippen LogP contribution in [0.3, 0.4) is 0 Å². The Labute approximate surface area is 62.6 Å². The van der Waals surface area contributed by atoms with E-state index in [9.17, 15) is 4.79 Å². The summed E-state index contributed by atoms with van der Waals surface area (Å²) in [6.07, 6.45) is 0.983. The Morgan fingerprint density at radius 1 is 1.60 bits per heavy atom. The molecule has 0 radical (unpaired) electrons. The van der Waals surface area contributed by atoms with Crippen molar-refractivity contribution in [3.8, 4) is 0 Å². The maximum absolute atomic E-state index is 10.5. The predicted molar refractivity (Wildman–Crippen MR) is 40.9 cm³/mol. The maximum atomic E-state index is 10.5. The zero-order chi connectivity index (χ0) is 8.20. The van der Waals surface area contributed by atoms with Gasteiger partial charge in [-0.2, -0.15) is 0 Å². The summed E-state index contributed by atoms with van der Waals surface area (Å²) in [6, 6.07) is 0. The quantitative estimate of drug-likeness (QED) is 0.559. The zero-order valence-electron chi connectivity index (χ0n) is 7.18.